The van der Waals surface area contributed by atoms with Gasteiger partial charge in [0.25, 0.3) is 5.91 Å². The van der Waals surface area contributed by atoms with Gasteiger partial charge in [0.15, 0.2) is 0 Å². The zero-order valence-electron chi connectivity index (χ0n) is 15.4. The number of anilines is 1. The quantitative estimate of drug-likeness (QED) is 0.666. The van der Waals surface area contributed by atoms with E-state index in [1.54, 1.807) is 24.3 Å². The molecule has 2 atom stereocenters. The smallest absolute Gasteiger partial charge is 0.322 e. The third kappa shape index (κ3) is 5.67. The van der Waals surface area contributed by atoms with E-state index in [2.05, 4.69) is 17.6 Å². The number of aliphatic carboxylic acids is 1. The van der Waals surface area contributed by atoms with Crippen molar-refractivity contribution in [3.8, 4) is 0 Å². The zero-order valence-corrected chi connectivity index (χ0v) is 15.4. The van der Waals surface area contributed by atoms with E-state index in [0.717, 1.165) is 12.0 Å². The fourth-order valence-corrected chi connectivity index (χ4v) is 2.82. The molecule has 0 saturated heterocycles. The maximum atomic E-state index is 12.9. The largest absolute Gasteiger partial charge is 0.480 e. The van der Waals surface area contributed by atoms with Gasteiger partial charge in [0.05, 0.1) is 5.92 Å². The number of carboxylic acids is 1. The van der Waals surface area contributed by atoms with Crippen LogP contribution in [0.15, 0.2) is 54.6 Å². The fraction of sp³-hybridized carbons (Fsp3) is 0.286. The second-order valence-corrected chi connectivity index (χ2v) is 6.42. The van der Waals surface area contributed by atoms with Crippen LogP contribution in [0.2, 0.25) is 0 Å². The normalized spacial score (nSPS) is 12.7. The Morgan fingerprint density at radius 2 is 1.63 bits per heavy atom. The molecule has 2 rings (SSSR count). The monoisotopic (exact) mass is 368 g/mol. The van der Waals surface area contributed by atoms with Gasteiger partial charge in [0.1, 0.15) is 6.54 Å². The number of amides is 2. The number of nitrogens with one attached hydrogen (secondary N) is 2. The lowest BCUT2D eigenvalue weighted by atomic mass is 9.85. The molecule has 0 spiro atoms. The van der Waals surface area contributed by atoms with Crippen molar-refractivity contribution in [3.63, 3.8) is 0 Å². The summed E-state index contributed by atoms with van der Waals surface area (Å²) in [7, 11) is 0. The number of hydrogen-bond donors (Lipinski definition) is 3. The van der Waals surface area contributed by atoms with Gasteiger partial charge in [-0.15, -0.1) is 0 Å². The van der Waals surface area contributed by atoms with Gasteiger partial charge < -0.3 is 15.7 Å². The molecular formula is C21H24N2O4. The second kappa shape index (κ2) is 9.52. The summed E-state index contributed by atoms with van der Waals surface area (Å²) >= 11 is 0. The van der Waals surface area contributed by atoms with E-state index in [1.807, 2.05) is 37.3 Å². The van der Waals surface area contributed by atoms with Crippen molar-refractivity contribution < 1.29 is 19.5 Å². The minimum Gasteiger partial charge on any atom is -0.480 e. The molecule has 6 nitrogen and oxygen atoms in total. The lowest BCUT2D eigenvalue weighted by Gasteiger charge is -2.23. The van der Waals surface area contributed by atoms with Crippen LogP contribution in [0.4, 0.5) is 5.69 Å². The van der Waals surface area contributed by atoms with Gasteiger partial charge in [0.2, 0.25) is 5.91 Å². The standard InChI is InChI=1S/C21H24N2O4/c1-3-14(2)19(15-7-5-4-6-8-15)21(27)23-17-11-9-16(10-12-17)20(26)22-13-18(24)25/h4-12,14,19H,3,13H2,1-2H3,(H,22,26)(H,23,27)(H,24,25). The van der Waals surface area contributed by atoms with Crippen molar-refractivity contribution in [2.45, 2.75) is 26.2 Å². The van der Waals surface area contributed by atoms with Crippen LogP contribution >= 0.6 is 0 Å². The highest BCUT2D eigenvalue weighted by molar-refractivity contribution is 5.98. The van der Waals surface area contributed by atoms with E-state index < -0.39 is 18.4 Å². The molecule has 0 radical (unpaired) electrons. The van der Waals surface area contributed by atoms with Gasteiger partial charge in [-0.3, -0.25) is 14.4 Å². The second-order valence-electron chi connectivity index (χ2n) is 6.42. The number of carbonyl (C=O) groups excluding carboxylic acids is 2. The first-order chi connectivity index (χ1) is 12.9. The molecule has 0 bridgehead atoms. The molecule has 2 aromatic carbocycles. The molecular weight excluding hydrogens is 344 g/mol. The van der Waals surface area contributed by atoms with E-state index in [9.17, 15) is 14.4 Å². The summed E-state index contributed by atoms with van der Waals surface area (Å²) in [5, 5.41) is 13.8. The Balaban J connectivity index is 2.09. The third-order valence-electron chi connectivity index (χ3n) is 4.47. The molecule has 2 aromatic rings. The van der Waals surface area contributed by atoms with Crippen molar-refractivity contribution in [2.75, 3.05) is 11.9 Å². The first kappa shape index (κ1) is 20.2. The fourth-order valence-electron chi connectivity index (χ4n) is 2.82. The summed E-state index contributed by atoms with van der Waals surface area (Å²) in [4.78, 5) is 35.2. The van der Waals surface area contributed by atoms with Crippen LogP contribution in [-0.2, 0) is 9.59 Å². The van der Waals surface area contributed by atoms with Crippen molar-refractivity contribution in [1.29, 1.82) is 0 Å². The van der Waals surface area contributed by atoms with Crippen LogP contribution in [0.3, 0.4) is 0 Å². The van der Waals surface area contributed by atoms with Gasteiger partial charge >= 0.3 is 5.97 Å². The Labute approximate surface area is 158 Å². The Morgan fingerprint density at radius 1 is 1.00 bits per heavy atom. The molecule has 2 amide bonds. The van der Waals surface area contributed by atoms with Crippen molar-refractivity contribution >= 4 is 23.5 Å². The lowest BCUT2D eigenvalue weighted by molar-refractivity contribution is -0.135. The SMILES string of the molecule is CCC(C)C(C(=O)Nc1ccc(C(=O)NCC(=O)O)cc1)c1ccccc1. The molecule has 0 aliphatic carbocycles. The first-order valence-electron chi connectivity index (χ1n) is 8.88. The van der Waals surface area contributed by atoms with E-state index >= 15 is 0 Å². The molecule has 27 heavy (non-hydrogen) atoms. The van der Waals surface area contributed by atoms with Crippen LogP contribution in [0, 0.1) is 5.92 Å². The predicted octanol–water partition coefficient (Wildman–Crippen LogP) is 3.27. The summed E-state index contributed by atoms with van der Waals surface area (Å²) in [6.07, 6.45) is 0.871. The van der Waals surface area contributed by atoms with E-state index in [4.69, 9.17) is 5.11 Å². The molecule has 3 N–H and O–H groups in total. The minimum absolute atomic E-state index is 0.0985. The van der Waals surface area contributed by atoms with Gasteiger partial charge in [-0.05, 0) is 35.7 Å². The Hall–Kier alpha value is -3.15. The third-order valence-corrected chi connectivity index (χ3v) is 4.47. The Bertz CT molecular complexity index is 788. The molecule has 0 saturated carbocycles. The number of benzene rings is 2. The minimum atomic E-state index is -1.11. The van der Waals surface area contributed by atoms with E-state index in [-0.39, 0.29) is 17.7 Å². The molecule has 0 aromatic heterocycles. The van der Waals surface area contributed by atoms with Gasteiger partial charge in [-0.2, -0.15) is 0 Å². The van der Waals surface area contributed by atoms with Crippen LogP contribution in [-0.4, -0.2) is 29.4 Å². The molecule has 6 heteroatoms. The van der Waals surface area contributed by atoms with Gasteiger partial charge in [-0.25, -0.2) is 0 Å². The number of carbonyl (C=O) groups is 3. The van der Waals surface area contributed by atoms with E-state index in [1.165, 1.54) is 0 Å². The maximum Gasteiger partial charge on any atom is 0.322 e. The van der Waals surface area contributed by atoms with Crippen molar-refractivity contribution in [1.82, 2.24) is 5.32 Å². The number of carboxylic acid groups (broad SMARTS) is 1. The van der Waals surface area contributed by atoms with E-state index in [0.29, 0.717) is 11.3 Å². The molecule has 0 aliphatic heterocycles. The van der Waals surface area contributed by atoms with Crippen LogP contribution in [0.1, 0.15) is 42.1 Å². The molecule has 0 aliphatic rings. The topological polar surface area (TPSA) is 95.5 Å². The summed E-state index contributed by atoms with van der Waals surface area (Å²) < 4.78 is 0. The van der Waals surface area contributed by atoms with Crippen molar-refractivity contribution in [3.05, 3.63) is 65.7 Å². The predicted molar refractivity (Wildman–Crippen MR) is 104 cm³/mol. The summed E-state index contributed by atoms with van der Waals surface area (Å²) in [5.41, 5.74) is 1.88. The highest BCUT2D eigenvalue weighted by atomic mass is 16.4. The van der Waals surface area contributed by atoms with Crippen LogP contribution in [0.25, 0.3) is 0 Å². The molecule has 0 fully saturated rings. The van der Waals surface area contributed by atoms with Crippen molar-refractivity contribution in [2.24, 2.45) is 5.92 Å². The Morgan fingerprint density at radius 3 is 2.19 bits per heavy atom. The summed E-state index contributed by atoms with van der Waals surface area (Å²) in [5.74, 6) is -1.77. The van der Waals surface area contributed by atoms with Gasteiger partial charge in [-0.1, -0.05) is 50.6 Å². The average molecular weight is 368 g/mol. The summed E-state index contributed by atoms with van der Waals surface area (Å²) in [6, 6.07) is 16.0. The van der Waals surface area contributed by atoms with Crippen LogP contribution in [0.5, 0.6) is 0 Å². The molecule has 142 valence electrons. The van der Waals surface area contributed by atoms with Crippen LogP contribution < -0.4 is 10.6 Å². The number of hydrogen-bond acceptors (Lipinski definition) is 3. The van der Waals surface area contributed by atoms with Gasteiger partial charge in [0, 0.05) is 11.3 Å². The number of rotatable bonds is 8. The zero-order chi connectivity index (χ0) is 19.8. The Kier molecular flexibility index (Phi) is 7.11. The summed E-state index contributed by atoms with van der Waals surface area (Å²) in [6.45, 7) is 3.66. The first-order valence-corrected chi connectivity index (χ1v) is 8.88. The highest BCUT2D eigenvalue weighted by Crippen LogP contribution is 2.28. The lowest BCUT2D eigenvalue weighted by Crippen LogP contribution is -2.29. The molecule has 2 unspecified atom stereocenters. The maximum absolute atomic E-state index is 12.9. The average Bonchev–Trinajstić information content (AvgIpc) is 2.67. The molecule has 0 heterocycles. The highest BCUT2D eigenvalue weighted by Gasteiger charge is 2.25.